The molecule has 29 heavy (non-hydrogen) atoms. The Bertz CT molecular complexity index is 1020. The van der Waals surface area contributed by atoms with Gasteiger partial charge in [-0.3, -0.25) is 19.6 Å². The molecule has 8 heteroatoms. The van der Waals surface area contributed by atoms with Crippen LogP contribution < -0.4 is 19.7 Å². The number of carbonyl (C=O) groups excluding carboxylic acids is 2. The second-order valence-corrected chi connectivity index (χ2v) is 7.00. The summed E-state index contributed by atoms with van der Waals surface area (Å²) >= 11 is 0. The summed E-state index contributed by atoms with van der Waals surface area (Å²) in [6.45, 7) is 2.21. The molecule has 0 unspecified atom stereocenters. The first kappa shape index (κ1) is 17.5. The largest absolute Gasteiger partial charge is 0.486 e. The second-order valence-electron chi connectivity index (χ2n) is 7.00. The quantitative estimate of drug-likeness (QED) is 0.870. The van der Waals surface area contributed by atoms with Gasteiger partial charge in [0.2, 0.25) is 5.91 Å². The van der Waals surface area contributed by atoms with Gasteiger partial charge < -0.3 is 14.8 Å². The number of amidine groups is 1. The van der Waals surface area contributed by atoms with E-state index < -0.39 is 0 Å². The molecule has 3 amide bonds. The number of hydrogen-bond acceptors (Lipinski definition) is 5. The van der Waals surface area contributed by atoms with E-state index in [1.54, 1.807) is 23.1 Å². The van der Waals surface area contributed by atoms with E-state index in [0.717, 1.165) is 12.0 Å². The summed E-state index contributed by atoms with van der Waals surface area (Å²) in [5, 5.41) is 2.85. The molecule has 3 aliphatic rings. The minimum atomic E-state index is -0.290. The minimum absolute atomic E-state index is 0.0892. The van der Waals surface area contributed by atoms with Crippen molar-refractivity contribution in [2.24, 2.45) is 4.99 Å². The van der Waals surface area contributed by atoms with Crippen LogP contribution in [0.3, 0.4) is 0 Å². The van der Waals surface area contributed by atoms with E-state index in [9.17, 15) is 9.59 Å². The van der Waals surface area contributed by atoms with Gasteiger partial charge in [0.1, 0.15) is 25.6 Å². The van der Waals surface area contributed by atoms with Gasteiger partial charge in [0.05, 0.1) is 5.69 Å². The van der Waals surface area contributed by atoms with Gasteiger partial charge in [0.15, 0.2) is 11.5 Å². The highest BCUT2D eigenvalue weighted by Gasteiger charge is 2.36. The molecule has 0 saturated heterocycles. The lowest BCUT2D eigenvalue weighted by Crippen LogP contribution is -2.54. The molecule has 0 aliphatic carbocycles. The first-order valence-corrected chi connectivity index (χ1v) is 9.63. The smallest absolute Gasteiger partial charge is 0.330 e. The average Bonchev–Trinajstić information content (AvgIpc) is 2.76. The molecule has 1 N–H and O–H groups in total. The van der Waals surface area contributed by atoms with Crippen LogP contribution in [-0.2, 0) is 4.79 Å². The zero-order valence-corrected chi connectivity index (χ0v) is 15.8. The van der Waals surface area contributed by atoms with Crippen LogP contribution in [0.2, 0.25) is 0 Å². The molecule has 0 fully saturated rings. The van der Waals surface area contributed by atoms with Crippen molar-refractivity contribution in [1.29, 1.82) is 0 Å². The van der Waals surface area contributed by atoms with Crippen molar-refractivity contribution in [1.82, 2.24) is 4.90 Å². The number of nitrogens with zero attached hydrogens (tertiary/aromatic N) is 3. The Hall–Kier alpha value is -3.55. The van der Waals surface area contributed by atoms with E-state index in [2.05, 4.69) is 10.3 Å². The highest BCUT2D eigenvalue weighted by atomic mass is 16.6. The van der Waals surface area contributed by atoms with Gasteiger partial charge in [0.25, 0.3) is 0 Å². The summed E-state index contributed by atoms with van der Waals surface area (Å²) in [6, 6.07) is 12.6. The summed E-state index contributed by atoms with van der Waals surface area (Å²) < 4.78 is 11.1. The number of carbonyl (C=O) groups is 2. The van der Waals surface area contributed by atoms with E-state index in [1.165, 1.54) is 4.90 Å². The summed E-state index contributed by atoms with van der Waals surface area (Å²) in [4.78, 5) is 33.5. The van der Waals surface area contributed by atoms with Gasteiger partial charge in [-0.05, 0) is 30.7 Å². The Balaban J connectivity index is 1.38. The number of fused-ring (bicyclic) bond motifs is 4. The standard InChI is InChI=1S/C21H20N4O4/c26-19(23-14-6-7-17-18(12-14)29-11-10-28-17)13-25-16-5-2-1-4-15(16)20-22-8-3-9-24(20)21(25)27/h1-2,4-7,12H,3,8-11,13H2,(H,23,26). The molecule has 0 radical (unpaired) electrons. The first-order chi connectivity index (χ1) is 14.2. The number of anilines is 2. The molecule has 8 nitrogen and oxygen atoms in total. The molecule has 3 heterocycles. The highest BCUT2D eigenvalue weighted by molar-refractivity contribution is 6.20. The van der Waals surface area contributed by atoms with Crippen LogP contribution in [0.4, 0.5) is 16.2 Å². The number of hydrogen-bond donors (Lipinski definition) is 1. The molecule has 0 saturated carbocycles. The normalized spacial score (nSPS) is 17.2. The number of ether oxygens (including phenoxy) is 2. The first-order valence-electron chi connectivity index (χ1n) is 9.63. The molecule has 0 bridgehead atoms. The molecule has 0 spiro atoms. The Labute approximate surface area is 167 Å². The summed E-state index contributed by atoms with van der Waals surface area (Å²) in [5.74, 6) is 1.66. The lowest BCUT2D eigenvalue weighted by atomic mass is 10.1. The van der Waals surface area contributed by atoms with Crippen molar-refractivity contribution >= 4 is 29.1 Å². The minimum Gasteiger partial charge on any atom is -0.486 e. The summed E-state index contributed by atoms with van der Waals surface area (Å²) in [7, 11) is 0. The third-order valence-electron chi connectivity index (χ3n) is 5.08. The van der Waals surface area contributed by atoms with Crippen molar-refractivity contribution in [2.45, 2.75) is 6.42 Å². The van der Waals surface area contributed by atoms with E-state index in [1.807, 2.05) is 24.3 Å². The maximum atomic E-state index is 13.1. The number of nitrogens with one attached hydrogen (secondary N) is 1. The fraction of sp³-hybridized carbons (Fsp3) is 0.286. The Morgan fingerprint density at radius 2 is 1.93 bits per heavy atom. The van der Waals surface area contributed by atoms with Crippen molar-refractivity contribution in [3.8, 4) is 11.5 Å². The van der Waals surface area contributed by atoms with Crippen LogP contribution in [0.25, 0.3) is 0 Å². The highest BCUT2D eigenvalue weighted by Crippen LogP contribution is 2.33. The topological polar surface area (TPSA) is 83.5 Å². The Kier molecular flexibility index (Phi) is 4.31. The van der Waals surface area contributed by atoms with Crippen LogP contribution in [0, 0.1) is 0 Å². The number of urea groups is 1. The molecular formula is C21H20N4O4. The van der Waals surface area contributed by atoms with E-state index in [-0.39, 0.29) is 18.5 Å². The maximum absolute atomic E-state index is 13.1. The zero-order valence-electron chi connectivity index (χ0n) is 15.8. The number of amides is 3. The number of benzene rings is 2. The van der Waals surface area contributed by atoms with Gasteiger partial charge in [-0.2, -0.15) is 0 Å². The van der Waals surface area contributed by atoms with Crippen molar-refractivity contribution in [3.05, 3.63) is 48.0 Å². The summed E-state index contributed by atoms with van der Waals surface area (Å²) in [6.07, 6.45) is 0.814. The van der Waals surface area contributed by atoms with Gasteiger partial charge in [-0.1, -0.05) is 12.1 Å². The van der Waals surface area contributed by atoms with Crippen LogP contribution in [0.1, 0.15) is 12.0 Å². The van der Waals surface area contributed by atoms with E-state index in [0.29, 0.717) is 55.0 Å². The lowest BCUT2D eigenvalue weighted by molar-refractivity contribution is -0.114. The third kappa shape index (κ3) is 3.16. The molecule has 3 aliphatic heterocycles. The number of para-hydroxylation sites is 1. The van der Waals surface area contributed by atoms with Crippen LogP contribution in [-0.4, -0.2) is 55.5 Å². The predicted octanol–water partition coefficient (Wildman–Crippen LogP) is 2.49. The van der Waals surface area contributed by atoms with Crippen LogP contribution in [0.15, 0.2) is 47.5 Å². The maximum Gasteiger partial charge on any atom is 0.330 e. The van der Waals surface area contributed by atoms with Crippen molar-refractivity contribution in [3.63, 3.8) is 0 Å². The van der Waals surface area contributed by atoms with E-state index >= 15 is 0 Å². The molecular weight excluding hydrogens is 372 g/mol. The molecule has 2 aromatic rings. The zero-order chi connectivity index (χ0) is 19.8. The van der Waals surface area contributed by atoms with Crippen LogP contribution in [0.5, 0.6) is 11.5 Å². The molecule has 2 aromatic carbocycles. The SMILES string of the molecule is O=C(CN1C(=O)N2CCCN=C2c2ccccc21)Nc1ccc2c(c1)OCCO2. The Morgan fingerprint density at radius 1 is 1.10 bits per heavy atom. The van der Waals surface area contributed by atoms with Crippen molar-refractivity contribution < 1.29 is 19.1 Å². The summed E-state index contributed by atoms with van der Waals surface area (Å²) in [5.41, 5.74) is 2.17. The molecule has 0 atom stereocenters. The van der Waals surface area contributed by atoms with Gasteiger partial charge in [0, 0.05) is 30.4 Å². The predicted molar refractivity (Wildman–Crippen MR) is 108 cm³/mol. The fourth-order valence-electron chi connectivity index (χ4n) is 3.79. The average molecular weight is 392 g/mol. The number of rotatable bonds is 3. The molecule has 5 rings (SSSR count). The van der Waals surface area contributed by atoms with Gasteiger partial charge in [-0.15, -0.1) is 0 Å². The fourth-order valence-corrected chi connectivity index (χ4v) is 3.79. The van der Waals surface area contributed by atoms with Crippen molar-refractivity contribution in [2.75, 3.05) is 43.1 Å². The van der Waals surface area contributed by atoms with Gasteiger partial charge in [-0.25, -0.2) is 4.79 Å². The number of aliphatic imine (C=N–C) groups is 1. The molecule has 0 aromatic heterocycles. The second kappa shape index (κ2) is 7.12. The third-order valence-corrected chi connectivity index (χ3v) is 5.08. The van der Waals surface area contributed by atoms with Gasteiger partial charge >= 0.3 is 6.03 Å². The lowest BCUT2D eigenvalue weighted by Gasteiger charge is -2.39. The van der Waals surface area contributed by atoms with Crippen LogP contribution >= 0.6 is 0 Å². The Morgan fingerprint density at radius 3 is 2.83 bits per heavy atom. The molecule has 148 valence electrons. The van der Waals surface area contributed by atoms with E-state index in [4.69, 9.17) is 9.47 Å². The monoisotopic (exact) mass is 392 g/mol.